The first-order valence-corrected chi connectivity index (χ1v) is 6.76. The van der Waals surface area contributed by atoms with Crippen molar-refractivity contribution in [3.8, 4) is 0 Å². The predicted octanol–water partition coefficient (Wildman–Crippen LogP) is 1.61. The first kappa shape index (κ1) is 15.2. The summed E-state index contributed by atoms with van der Waals surface area (Å²) in [7, 11) is 0. The molecule has 0 spiro atoms. The van der Waals surface area contributed by atoms with Gasteiger partial charge in [0, 0.05) is 13.1 Å². The molecule has 21 heavy (non-hydrogen) atoms. The van der Waals surface area contributed by atoms with Crippen LogP contribution in [0.1, 0.15) is 11.1 Å². The van der Waals surface area contributed by atoms with Gasteiger partial charge in [0.05, 0.1) is 6.54 Å². The molecule has 3 N–H and O–H groups in total. The second-order valence-corrected chi connectivity index (χ2v) is 4.60. The zero-order valence-corrected chi connectivity index (χ0v) is 11.7. The fourth-order valence-electron chi connectivity index (χ4n) is 1.89. The van der Waals surface area contributed by atoms with Gasteiger partial charge < -0.3 is 10.6 Å². The summed E-state index contributed by atoms with van der Waals surface area (Å²) in [6, 6.07) is 19.9. The Bertz CT molecular complexity index is 504. The van der Waals surface area contributed by atoms with Crippen LogP contribution in [0.25, 0.3) is 0 Å². The lowest BCUT2D eigenvalue weighted by Gasteiger charge is -2.22. The highest BCUT2D eigenvalue weighted by Crippen LogP contribution is 2.07. The molecule has 0 heterocycles. The number of nitrogens with one attached hydrogen (secondary N) is 1. The monoisotopic (exact) mass is 285 g/mol. The van der Waals surface area contributed by atoms with Crippen LogP contribution in [-0.2, 0) is 22.7 Å². The Balaban J connectivity index is 2.01. The number of nitrogens with two attached hydrogens (primary N) is 1. The van der Waals surface area contributed by atoms with Crippen molar-refractivity contribution in [1.29, 1.82) is 0 Å². The number of nitrogens with zero attached hydrogens (tertiary/aromatic N) is 1. The Morgan fingerprint density at radius 1 is 0.952 bits per heavy atom. The third-order valence-electron chi connectivity index (χ3n) is 2.89. The van der Waals surface area contributed by atoms with Crippen molar-refractivity contribution >= 4 is 5.97 Å². The molecule has 0 aliphatic rings. The molecule has 5 nitrogen and oxygen atoms in total. The van der Waals surface area contributed by atoms with Crippen molar-refractivity contribution in [2.45, 2.75) is 13.1 Å². The van der Waals surface area contributed by atoms with E-state index in [1.807, 2.05) is 65.7 Å². The average molecular weight is 285 g/mol. The lowest BCUT2D eigenvalue weighted by molar-refractivity contribution is -0.165. The molecule has 2 aromatic rings. The lowest BCUT2D eigenvalue weighted by atomic mass is 10.2. The van der Waals surface area contributed by atoms with Crippen LogP contribution >= 0.6 is 0 Å². The standard InChI is InChI=1S/C16H19N3O2/c17-11-16(20)21-18-19(12-14-7-3-1-4-8-14)13-15-9-5-2-6-10-15/h1-10,18H,11-13,17H2. The minimum absolute atomic E-state index is 0.155. The van der Waals surface area contributed by atoms with Gasteiger partial charge in [-0.1, -0.05) is 66.3 Å². The highest BCUT2D eigenvalue weighted by molar-refractivity contribution is 5.70. The number of benzene rings is 2. The first-order valence-electron chi connectivity index (χ1n) is 6.76. The van der Waals surface area contributed by atoms with Crippen molar-refractivity contribution in [2.24, 2.45) is 5.73 Å². The van der Waals surface area contributed by atoms with E-state index in [-0.39, 0.29) is 6.54 Å². The summed E-state index contributed by atoms with van der Waals surface area (Å²) in [4.78, 5) is 16.1. The molecule has 0 aliphatic carbocycles. The molecule has 2 rings (SSSR count). The van der Waals surface area contributed by atoms with Gasteiger partial charge in [0.2, 0.25) is 0 Å². The number of carbonyl (C=O) groups is 1. The van der Waals surface area contributed by atoms with E-state index < -0.39 is 5.97 Å². The third kappa shape index (κ3) is 5.35. The average Bonchev–Trinajstić information content (AvgIpc) is 2.54. The lowest BCUT2D eigenvalue weighted by Crippen LogP contribution is -2.39. The van der Waals surface area contributed by atoms with E-state index in [1.54, 1.807) is 0 Å². The molecule has 2 aromatic carbocycles. The minimum atomic E-state index is -0.499. The van der Waals surface area contributed by atoms with Gasteiger partial charge in [-0.3, -0.25) is 0 Å². The third-order valence-corrected chi connectivity index (χ3v) is 2.89. The second kappa shape index (κ2) is 8.16. The van der Waals surface area contributed by atoms with Crippen LogP contribution in [-0.4, -0.2) is 17.5 Å². The summed E-state index contributed by atoms with van der Waals surface area (Å²) in [6.45, 7) is 1.05. The molecule has 0 bridgehead atoms. The van der Waals surface area contributed by atoms with Gasteiger partial charge in [-0.05, 0) is 11.1 Å². The van der Waals surface area contributed by atoms with Crippen molar-refractivity contribution in [3.63, 3.8) is 0 Å². The van der Waals surface area contributed by atoms with E-state index in [9.17, 15) is 4.79 Å². The van der Waals surface area contributed by atoms with Gasteiger partial charge in [0.25, 0.3) is 0 Å². The molecule has 0 saturated carbocycles. The van der Waals surface area contributed by atoms with Crippen LogP contribution in [0.4, 0.5) is 0 Å². The van der Waals surface area contributed by atoms with Gasteiger partial charge in [-0.2, -0.15) is 0 Å². The number of hydrogen-bond acceptors (Lipinski definition) is 5. The summed E-state index contributed by atoms with van der Waals surface area (Å²) >= 11 is 0. The summed E-state index contributed by atoms with van der Waals surface area (Å²) in [5.74, 6) is -0.499. The van der Waals surface area contributed by atoms with Gasteiger partial charge in [0.15, 0.2) is 0 Å². The van der Waals surface area contributed by atoms with E-state index >= 15 is 0 Å². The van der Waals surface area contributed by atoms with E-state index in [0.29, 0.717) is 13.1 Å². The molecule has 0 fully saturated rings. The Morgan fingerprint density at radius 3 is 1.86 bits per heavy atom. The summed E-state index contributed by atoms with van der Waals surface area (Å²) < 4.78 is 0. The highest BCUT2D eigenvalue weighted by atomic mass is 16.7. The van der Waals surface area contributed by atoms with Crippen LogP contribution in [0.2, 0.25) is 0 Å². The van der Waals surface area contributed by atoms with Crippen molar-refractivity contribution in [3.05, 3.63) is 71.8 Å². The van der Waals surface area contributed by atoms with Crippen LogP contribution in [0.15, 0.2) is 60.7 Å². The molecule has 0 saturated heterocycles. The predicted molar refractivity (Wildman–Crippen MR) is 80.4 cm³/mol. The Hall–Kier alpha value is -2.21. The summed E-state index contributed by atoms with van der Waals surface area (Å²) in [5.41, 5.74) is 10.1. The smallest absolute Gasteiger partial charge is 0.340 e. The Labute approximate surface area is 124 Å². The normalized spacial score (nSPS) is 10.6. The van der Waals surface area contributed by atoms with Gasteiger partial charge >= 0.3 is 5.97 Å². The SMILES string of the molecule is NCC(=O)ONN(Cc1ccccc1)Cc1ccccc1. The summed E-state index contributed by atoms with van der Waals surface area (Å²) in [5, 5.41) is 1.82. The van der Waals surface area contributed by atoms with Crippen LogP contribution in [0.3, 0.4) is 0 Å². The minimum Gasteiger partial charge on any atom is -0.354 e. The molecule has 110 valence electrons. The molecule has 0 radical (unpaired) electrons. The van der Waals surface area contributed by atoms with Crippen molar-refractivity contribution < 1.29 is 9.63 Å². The molecular weight excluding hydrogens is 266 g/mol. The van der Waals surface area contributed by atoms with Crippen LogP contribution in [0, 0.1) is 0 Å². The molecule has 0 amide bonds. The Kier molecular flexibility index (Phi) is 5.90. The quantitative estimate of drug-likeness (QED) is 0.757. The largest absolute Gasteiger partial charge is 0.354 e. The zero-order chi connectivity index (χ0) is 14.9. The molecule has 0 atom stereocenters. The number of hydrogen-bond donors (Lipinski definition) is 2. The van der Waals surface area contributed by atoms with Gasteiger partial charge in [-0.25, -0.2) is 9.80 Å². The molecule has 0 unspecified atom stereocenters. The fraction of sp³-hybridized carbons (Fsp3) is 0.188. The topological polar surface area (TPSA) is 67.6 Å². The molecule has 5 heteroatoms. The first-order chi connectivity index (χ1) is 10.3. The number of rotatable bonds is 7. The molecular formula is C16H19N3O2. The maximum absolute atomic E-state index is 11.2. The molecule has 0 aromatic heterocycles. The zero-order valence-electron chi connectivity index (χ0n) is 11.7. The van der Waals surface area contributed by atoms with E-state index in [1.165, 1.54) is 0 Å². The van der Waals surface area contributed by atoms with E-state index in [4.69, 9.17) is 10.6 Å². The molecule has 0 aliphatic heterocycles. The number of hydrazine groups is 1. The van der Waals surface area contributed by atoms with Gasteiger partial charge in [-0.15, -0.1) is 0 Å². The van der Waals surface area contributed by atoms with Crippen LogP contribution in [0.5, 0.6) is 0 Å². The maximum atomic E-state index is 11.2. The Morgan fingerprint density at radius 2 is 1.43 bits per heavy atom. The van der Waals surface area contributed by atoms with E-state index in [2.05, 4.69) is 5.59 Å². The van der Waals surface area contributed by atoms with Crippen LogP contribution < -0.4 is 11.3 Å². The fourth-order valence-corrected chi connectivity index (χ4v) is 1.89. The summed E-state index contributed by atoms with van der Waals surface area (Å²) in [6.07, 6.45) is 0. The van der Waals surface area contributed by atoms with Crippen molar-refractivity contribution in [1.82, 2.24) is 10.6 Å². The maximum Gasteiger partial charge on any atom is 0.340 e. The highest BCUT2D eigenvalue weighted by Gasteiger charge is 2.09. The number of carbonyl (C=O) groups excluding carboxylic acids is 1. The second-order valence-electron chi connectivity index (χ2n) is 4.60. The van der Waals surface area contributed by atoms with Gasteiger partial charge in [0.1, 0.15) is 0 Å². The van der Waals surface area contributed by atoms with E-state index in [0.717, 1.165) is 11.1 Å². The van der Waals surface area contributed by atoms with Crippen molar-refractivity contribution in [2.75, 3.05) is 6.54 Å².